The lowest BCUT2D eigenvalue weighted by molar-refractivity contribution is -0.384. The number of sulfonamides is 1. The first-order valence-corrected chi connectivity index (χ1v) is 7.52. The molecule has 0 saturated heterocycles. The molecule has 0 spiro atoms. The zero-order chi connectivity index (χ0) is 15.9. The van der Waals surface area contributed by atoms with Crippen molar-refractivity contribution < 1.29 is 22.8 Å². The molecule has 21 heavy (non-hydrogen) atoms. The molecule has 0 fully saturated rings. The lowest BCUT2D eigenvalue weighted by Gasteiger charge is -2.08. The van der Waals surface area contributed by atoms with Crippen LogP contribution in [0.2, 0.25) is 0 Å². The van der Waals surface area contributed by atoms with Gasteiger partial charge in [0.05, 0.1) is 29.6 Å². The molecule has 0 atom stereocenters. The molecule has 0 radical (unpaired) electrons. The van der Waals surface area contributed by atoms with E-state index < -0.39 is 14.9 Å². The second-order valence-electron chi connectivity index (χ2n) is 4.01. The van der Waals surface area contributed by atoms with Gasteiger partial charge in [-0.05, 0) is 12.1 Å². The number of nitrogens with zero attached hydrogens (tertiary/aromatic N) is 1. The number of benzene rings is 1. The van der Waals surface area contributed by atoms with Crippen molar-refractivity contribution in [2.75, 3.05) is 38.8 Å². The van der Waals surface area contributed by atoms with Crippen molar-refractivity contribution in [1.29, 1.82) is 0 Å². The Hall–Kier alpha value is -1.75. The predicted molar refractivity (Wildman–Crippen MR) is 75.7 cm³/mol. The minimum atomic E-state index is -3.98. The molecule has 0 aliphatic carbocycles. The van der Waals surface area contributed by atoms with Gasteiger partial charge in [-0.3, -0.25) is 10.1 Å². The van der Waals surface area contributed by atoms with Gasteiger partial charge in [-0.2, -0.15) is 0 Å². The number of ether oxygens (including phenoxy) is 2. The number of rotatable bonds is 9. The quantitative estimate of drug-likeness (QED) is 0.380. The van der Waals surface area contributed by atoms with Crippen LogP contribution in [-0.2, 0) is 19.5 Å². The number of nitrogens with two attached hydrogens (primary N) is 1. The van der Waals surface area contributed by atoms with Crippen molar-refractivity contribution >= 4 is 21.4 Å². The summed E-state index contributed by atoms with van der Waals surface area (Å²) in [5.74, 6) is 0. The average molecular weight is 319 g/mol. The van der Waals surface area contributed by atoms with Gasteiger partial charge in [0.25, 0.3) is 5.69 Å². The number of hydrogen-bond acceptors (Lipinski definition) is 7. The second-order valence-corrected chi connectivity index (χ2v) is 5.57. The highest BCUT2D eigenvalue weighted by molar-refractivity contribution is 7.89. The molecule has 9 nitrogen and oxygen atoms in total. The minimum Gasteiger partial charge on any atom is -0.382 e. The van der Waals surface area contributed by atoms with E-state index >= 15 is 0 Å². The summed E-state index contributed by atoms with van der Waals surface area (Å²) in [5, 5.41) is 18.7. The molecule has 118 valence electrons. The van der Waals surface area contributed by atoms with E-state index in [0.717, 1.165) is 6.07 Å². The van der Waals surface area contributed by atoms with E-state index in [1.165, 1.54) is 12.1 Å². The Morgan fingerprint density at radius 1 is 1.33 bits per heavy atom. The fraction of sp³-hybridized carbons (Fsp3) is 0.455. The first-order valence-electron chi connectivity index (χ1n) is 5.98. The highest BCUT2D eigenvalue weighted by Crippen LogP contribution is 2.26. The van der Waals surface area contributed by atoms with Crippen LogP contribution in [0.3, 0.4) is 0 Å². The molecule has 3 N–H and O–H groups in total. The van der Waals surface area contributed by atoms with Gasteiger partial charge < -0.3 is 14.8 Å². The molecular formula is C11H17N3O6S. The van der Waals surface area contributed by atoms with Crippen LogP contribution in [0.1, 0.15) is 0 Å². The number of anilines is 1. The van der Waals surface area contributed by atoms with E-state index in [9.17, 15) is 18.5 Å². The normalized spacial score (nSPS) is 11.3. The van der Waals surface area contributed by atoms with Crippen LogP contribution in [0.15, 0.2) is 23.1 Å². The van der Waals surface area contributed by atoms with E-state index in [0.29, 0.717) is 26.4 Å². The van der Waals surface area contributed by atoms with Gasteiger partial charge in [0.15, 0.2) is 0 Å². The molecule has 0 aromatic heterocycles. The number of hydrogen-bond donors (Lipinski definition) is 2. The van der Waals surface area contributed by atoms with Crippen molar-refractivity contribution in [3.8, 4) is 0 Å². The Labute approximate surface area is 122 Å². The monoisotopic (exact) mass is 319 g/mol. The van der Waals surface area contributed by atoms with Gasteiger partial charge in [0.1, 0.15) is 5.69 Å². The summed E-state index contributed by atoms with van der Waals surface area (Å²) in [5.41, 5.74) is -0.166. The fourth-order valence-electron chi connectivity index (χ4n) is 1.49. The van der Waals surface area contributed by atoms with Gasteiger partial charge >= 0.3 is 0 Å². The van der Waals surface area contributed by atoms with Gasteiger partial charge in [0, 0.05) is 19.7 Å². The maximum absolute atomic E-state index is 11.2. The molecule has 1 aromatic rings. The molecule has 0 unspecified atom stereocenters. The second kappa shape index (κ2) is 7.88. The van der Waals surface area contributed by atoms with Crippen LogP contribution < -0.4 is 10.5 Å². The number of methoxy groups -OCH3 is 1. The van der Waals surface area contributed by atoms with Crippen LogP contribution in [-0.4, -0.2) is 46.8 Å². The Balaban J connectivity index is 2.72. The van der Waals surface area contributed by atoms with Crippen LogP contribution in [0.25, 0.3) is 0 Å². The van der Waals surface area contributed by atoms with Crippen LogP contribution in [0, 0.1) is 10.1 Å². The maximum Gasteiger partial charge on any atom is 0.293 e. The first kappa shape index (κ1) is 17.3. The standard InChI is InChI=1S/C11H17N3O6S/c1-19-6-7-20-5-4-13-10-3-2-9(21(12,17)18)8-11(10)14(15)16/h2-3,8,13H,4-7H2,1H3,(H2,12,17,18). The summed E-state index contributed by atoms with van der Waals surface area (Å²) in [6.45, 7) is 1.55. The van der Waals surface area contributed by atoms with Gasteiger partial charge in [-0.1, -0.05) is 0 Å². The van der Waals surface area contributed by atoms with Crippen molar-refractivity contribution in [2.45, 2.75) is 4.90 Å². The molecule has 1 aromatic carbocycles. The third-order valence-electron chi connectivity index (χ3n) is 2.49. The molecular weight excluding hydrogens is 302 g/mol. The highest BCUT2D eigenvalue weighted by Gasteiger charge is 2.18. The molecule has 0 aliphatic heterocycles. The lowest BCUT2D eigenvalue weighted by atomic mass is 10.2. The fourth-order valence-corrected chi connectivity index (χ4v) is 2.02. The summed E-state index contributed by atoms with van der Waals surface area (Å²) in [4.78, 5) is 9.97. The molecule has 0 amide bonds. The van der Waals surface area contributed by atoms with E-state index in [1.54, 1.807) is 7.11 Å². The highest BCUT2D eigenvalue weighted by atomic mass is 32.2. The first-order chi connectivity index (χ1) is 9.86. The van der Waals surface area contributed by atoms with Crippen LogP contribution >= 0.6 is 0 Å². The summed E-state index contributed by atoms with van der Waals surface area (Å²) in [7, 11) is -2.43. The molecule has 0 aliphatic rings. The van der Waals surface area contributed by atoms with E-state index in [-0.39, 0.29) is 16.3 Å². The van der Waals surface area contributed by atoms with Gasteiger partial charge in [0.2, 0.25) is 10.0 Å². The van der Waals surface area contributed by atoms with Gasteiger partial charge in [-0.25, -0.2) is 13.6 Å². The zero-order valence-electron chi connectivity index (χ0n) is 11.4. The summed E-state index contributed by atoms with van der Waals surface area (Å²) in [6, 6.07) is 3.42. The lowest BCUT2D eigenvalue weighted by Crippen LogP contribution is -2.14. The van der Waals surface area contributed by atoms with E-state index in [4.69, 9.17) is 14.6 Å². The molecule has 1 rings (SSSR count). The maximum atomic E-state index is 11.2. The Morgan fingerprint density at radius 2 is 2.05 bits per heavy atom. The molecule has 0 heterocycles. The molecule has 0 saturated carbocycles. The Kier molecular flexibility index (Phi) is 6.49. The van der Waals surface area contributed by atoms with Crippen molar-refractivity contribution in [3.05, 3.63) is 28.3 Å². The van der Waals surface area contributed by atoms with Crippen molar-refractivity contribution in [2.24, 2.45) is 5.14 Å². The number of nitro benzene ring substituents is 1. The summed E-state index contributed by atoms with van der Waals surface area (Å²) in [6.07, 6.45) is 0. The van der Waals surface area contributed by atoms with E-state index in [1.807, 2.05) is 0 Å². The number of primary sulfonamides is 1. The summed E-state index contributed by atoms with van der Waals surface area (Å²) < 4.78 is 32.4. The number of nitro groups is 1. The topological polar surface area (TPSA) is 134 Å². The van der Waals surface area contributed by atoms with Crippen LogP contribution in [0.5, 0.6) is 0 Å². The predicted octanol–water partition coefficient (Wildman–Crippen LogP) is 0.317. The SMILES string of the molecule is COCCOCCNc1ccc(S(N)(=O)=O)cc1[N+](=O)[O-]. The largest absolute Gasteiger partial charge is 0.382 e. The van der Waals surface area contributed by atoms with Crippen LogP contribution in [0.4, 0.5) is 11.4 Å². The minimum absolute atomic E-state index is 0.197. The smallest absolute Gasteiger partial charge is 0.293 e. The third-order valence-corrected chi connectivity index (χ3v) is 3.40. The van der Waals surface area contributed by atoms with E-state index in [2.05, 4.69) is 5.32 Å². The van der Waals surface area contributed by atoms with Gasteiger partial charge in [-0.15, -0.1) is 0 Å². The Bertz CT molecular complexity index is 590. The third kappa shape index (κ3) is 5.63. The number of nitrogens with one attached hydrogen (secondary N) is 1. The van der Waals surface area contributed by atoms with Crippen molar-refractivity contribution in [1.82, 2.24) is 0 Å². The molecule has 0 bridgehead atoms. The van der Waals surface area contributed by atoms with Crippen molar-refractivity contribution in [3.63, 3.8) is 0 Å². The summed E-state index contributed by atoms with van der Waals surface area (Å²) >= 11 is 0. The average Bonchev–Trinajstić information content (AvgIpc) is 2.41. The zero-order valence-corrected chi connectivity index (χ0v) is 12.3. The Morgan fingerprint density at radius 3 is 2.62 bits per heavy atom. The molecule has 10 heteroatoms.